The Hall–Kier alpha value is -2.86. The molecule has 0 radical (unpaired) electrons. The van der Waals surface area contributed by atoms with Gasteiger partial charge in [0.2, 0.25) is 0 Å². The van der Waals surface area contributed by atoms with E-state index in [9.17, 15) is 5.11 Å². The van der Waals surface area contributed by atoms with Crippen molar-refractivity contribution >= 4 is 23.0 Å². The van der Waals surface area contributed by atoms with Gasteiger partial charge in [0.05, 0.1) is 17.4 Å². The number of phenols is 1. The number of thiocarbonyl (C=S) groups is 1. The highest BCUT2D eigenvalue weighted by Gasteiger charge is 2.42. The van der Waals surface area contributed by atoms with Crippen LogP contribution in [0.1, 0.15) is 29.2 Å². The normalized spacial score (nSPS) is 19.6. The van der Waals surface area contributed by atoms with Gasteiger partial charge in [-0.2, -0.15) is 0 Å². The van der Waals surface area contributed by atoms with E-state index in [1.54, 1.807) is 12.3 Å². The number of aryl methyl sites for hydroxylation is 1. The topological polar surface area (TPSA) is 53.3 Å². The first kappa shape index (κ1) is 16.6. The van der Waals surface area contributed by atoms with Crippen LogP contribution in [0.25, 0.3) is 0 Å². The van der Waals surface area contributed by atoms with Crippen molar-refractivity contribution in [2.24, 2.45) is 7.05 Å². The fourth-order valence-electron chi connectivity index (χ4n) is 3.51. The van der Waals surface area contributed by atoms with Crippen LogP contribution in [-0.2, 0) is 7.05 Å². The number of nitrogens with one attached hydrogen (secondary N) is 1. The molecular formula is C20H20N4OS. The molecule has 3 aromatic rings. The van der Waals surface area contributed by atoms with Crippen molar-refractivity contribution in [3.05, 3.63) is 77.9 Å². The highest BCUT2D eigenvalue weighted by molar-refractivity contribution is 7.80. The Labute approximate surface area is 157 Å². The van der Waals surface area contributed by atoms with E-state index in [4.69, 9.17) is 12.2 Å². The number of hydrogen-bond donors (Lipinski definition) is 2. The SMILES string of the molecule is Cc1ccc([C@H]2[C@@H](c3ccccn3)NC(=S)N2c2ccccc2O)n1C. The molecule has 0 amide bonds. The van der Waals surface area contributed by atoms with E-state index >= 15 is 0 Å². The maximum Gasteiger partial charge on any atom is 0.174 e. The molecule has 1 aromatic carbocycles. The van der Waals surface area contributed by atoms with Crippen molar-refractivity contribution < 1.29 is 5.11 Å². The first-order valence-electron chi connectivity index (χ1n) is 8.49. The molecule has 0 spiro atoms. The van der Waals surface area contributed by atoms with Crippen molar-refractivity contribution in [3.63, 3.8) is 0 Å². The number of aromatic hydroxyl groups is 1. The zero-order chi connectivity index (χ0) is 18.3. The molecule has 0 bridgehead atoms. The molecule has 1 aliphatic heterocycles. The Morgan fingerprint density at radius 2 is 1.85 bits per heavy atom. The predicted octanol–water partition coefficient (Wildman–Crippen LogP) is 3.61. The van der Waals surface area contributed by atoms with Crippen LogP contribution in [-0.4, -0.2) is 19.8 Å². The summed E-state index contributed by atoms with van der Waals surface area (Å²) >= 11 is 5.65. The van der Waals surface area contributed by atoms with Gasteiger partial charge in [0.1, 0.15) is 11.8 Å². The Balaban J connectivity index is 1.89. The molecule has 2 aromatic heterocycles. The third kappa shape index (κ3) is 2.63. The van der Waals surface area contributed by atoms with Crippen molar-refractivity contribution in [1.29, 1.82) is 0 Å². The van der Waals surface area contributed by atoms with Gasteiger partial charge in [0, 0.05) is 24.6 Å². The molecule has 4 rings (SSSR count). The molecule has 26 heavy (non-hydrogen) atoms. The monoisotopic (exact) mass is 364 g/mol. The summed E-state index contributed by atoms with van der Waals surface area (Å²) in [5.41, 5.74) is 3.87. The van der Waals surface area contributed by atoms with E-state index in [-0.39, 0.29) is 17.8 Å². The van der Waals surface area contributed by atoms with Gasteiger partial charge in [-0.15, -0.1) is 0 Å². The molecule has 1 aliphatic rings. The van der Waals surface area contributed by atoms with Gasteiger partial charge < -0.3 is 19.9 Å². The predicted molar refractivity (Wildman–Crippen MR) is 106 cm³/mol. The molecule has 5 nitrogen and oxygen atoms in total. The lowest BCUT2D eigenvalue weighted by Gasteiger charge is -2.28. The lowest BCUT2D eigenvalue weighted by Crippen LogP contribution is -2.30. The second-order valence-electron chi connectivity index (χ2n) is 6.44. The van der Waals surface area contributed by atoms with Crippen LogP contribution < -0.4 is 10.2 Å². The van der Waals surface area contributed by atoms with Crippen LogP contribution in [0, 0.1) is 6.92 Å². The van der Waals surface area contributed by atoms with Gasteiger partial charge in [0.25, 0.3) is 0 Å². The largest absolute Gasteiger partial charge is 0.506 e. The zero-order valence-electron chi connectivity index (χ0n) is 14.6. The number of phenolic OH excluding ortho intramolecular Hbond substituents is 1. The average Bonchev–Trinajstić information content (AvgIpc) is 3.16. The molecule has 1 saturated heterocycles. The lowest BCUT2D eigenvalue weighted by atomic mass is 10.0. The second kappa shape index (κ2) is 6.46. The molecule has 132 valence electrons. The fraction of sp³-hybridized carbons (Fsp3) is 0.200. The minimum atomic E-state index is -0.121. The Kier molecular flexibility index (Phi) is 4.12. The van der Waals surface area contributed by atoms with Crippen LogP contribution in [0.3, 0.4) is 0 Å². The molecule has 0 unspecified atom stereocenters. The second-order valence-corrected chi connectivity index (χ2v) is 6.83. The van der Waals surface area contributed by atoms with Crippen molar-refractivity contribution in [2.45, 2.75) is 19.0 Å². The third-order valence-corrected chi connectivity index (χ3v) is 5.27. The molecule has 3 heterocycles. The standard InChI is InChI=1S/C20H20N4OS/c1-13-10-11-16(23(13)2)19-18(14-7-5-6-12-21-14)22-20(26)24(19)15-8-3-4-9-17(15)25/h3-12,18-19,25H,1-2H3,(H,22,26)/t18-,19+/m1/s1. The highest BCUT2D eigenvalue weighted by atomic mass is 32.1. The lowest BCUT2D eigenvalue weighted by molar-refractivity contribution is 0.471. The Morgan fingerprint density at radius 3 is 2.50 bits per heavy atom. The van der Waals surface area contributed by atoms with Crippen molar-refractivity contribution in [2.75, 3.05) is 4.90 Å². The summed E-state index contributed by atoms with van der Waals surface area (Å²) in [4.78, 5) is 6.52. The number of benzene rings is 1. The van der Waals surface area contributed by atoms with Gasteiger partial charge in [-0.25, -0.2) is 0 Å². The maximum atomic E-state index is 10.4. The van der Waals surface area contributed by atoms with Crippen LogP contribution in [0.15, 0.2) is 60.8 Å². The molecule has 2 atom stereocenters. The minimum absolute atomic E-state index is 0.115. The number of pyridine rings is 1. The average molecular weight is 364 g/mol. The van der Waals surface area contributed by atoms with E-state index in [2.05, 4.69) is 33.9 Å². The van der Waals surface area contributed by atoms with E-state index in [0.717, 1.165) is 17.1 Å². The molecule has 1 fully saturated rings. The van der Waals surface area contributed by atoms with Gasteiger partial charge in [0.15, 0.2) is 5.11 Å². The summed E-state index contributed by atoms with van der Waals surface area (Å²) in [6.45, 7) is 2.07. The quantitative estimate of drug-likeness (QED) is 0.696. The van der Waals surface area contributed by atoms with Gasteiger partial charge in [-0.1, -0.05) is 18.2 Å². The Bertz CT molecular complexity index is 953. The number of aromatic nitrogens is 2. The number of anilines is 1. The van der Waals surface area contributed by atoms with Crippen molar-refractivity contribution in [1.82, 2.24) is 14.9 Å². The van der Waals surface area contributed by atoms with Gasteiger partial charge in [-0.3, -0.25) is 4.98 Å². The van der Waals surface area contributed by atoms with Gasteiger partial charge >= 0.3 is 0 Å². The smallest absolute Gasteiger partial charge is 0.174 e. The van der Waals surface area contributed by atoms with E-state index in [1.807, 2.05) is 48.3 Å². The highest BCUT2D eigenvalue weighted by Crippen LogP contribution is 2.44. The fourth-order valence-corrected chi connectivity index (χ4v) is 3.85. The summed E-state index contributed by atoms with van der Waals surface area (Å²) in [5.74, 6) is 0.203. The molecule has 0 aliphatic carbocycles. The van der Waals surface area contributed by atoms with E-state index in [0.29, 0.717) is 10.8 Å². The van der Waals surface area contributed by atoms with E-state index in [1.165, 1.54) is 0 Å². The number of hydrogen-bond acceptors (Lipinski definition) is 3. The van der Waals surface area contributed by atoms with Crippen LogP contribution >= 0.6 is 12.2 Å². The molecule has 2 N–H and O–H groups in total. The number of rotatable bonds is 3. The zero-order valence-corrected chi connectivity index (χ0v) is 15.4. The number of para-hydroxylation sites is 2. The summed E-state index contributed by atoms with van der Waals surface area (Å²) in [6, 6.07) is 17.1. The first-order chi connectivity index (χ1) is 12.6. The Morgan fingerprint density at radius 1 is 1.08 bits per heavy atom. The van der Waals surface area contributed by atoms with Crippen LogP contribution in [0.2, 0.25) is 0 Å². The molecular weight excluding hydrogens is 344 g/mol. The maximum absolute atomic E-state index is 10.4. The van der Waals surface area contributed by atoms with E-state index < -0.39 is 0 Å². The third-order valence-electron chi connectivity index (χ3n) is 4.95. The minimum Gasteiger partial charge on any atom is -0.506 e. The summed E-state index contributed by atoms with van der Waals surface area (Å²) < 4.78 is 2.16. The first-order valence-corrected chi connectivity index (χ1v) is 8.89. The number of nitrogens with zero attached hydrogens (tertiary/aromatic N) is 3. The van der Waals surface area contributed by atoms with Gasteiger partial charge in [-0.05, 0) is 55.5 Å². The molecule has 0 saturated carbocycles. The summed E-state index contributed by atoms with van der Waals surface area (Å²) in [6.07, 6.45) is 1.79. The summed E-state index contributed by atoms with van der Waals surface area (Å²) in [7, 11) is 2.05. The molecule has 6 heteroatoms. The van der Waals surface area contributed by atoms with Crippen LogP contribution in [0.4, 0.5) is 5.69 Å². The van der Waals surface area contributed by atoms with Crippen LogP contribution in [0.5, 0.6) is 5.75 Å². The summed E-state index contributed by atoms with van der Waals surface area (Å²) in [5, 5.41) is 14.4. The van der Waals surface area contributed by atoms with Crippen molar-refractivity contribution in [3.8, 4) is 5.75 Å².